The lowest BCUT2D eigenvalue weighted by Crippen LogP contribution is -2.29. The maximum Gasteiger partial charge on any atom is 0.363 e. The molecule has 0 saturated carbocycles. The number of esters is 1. The molecule has 3 heterocycles. The van der Waals surface area contributed by atoms with Gasteiger partial charge in [0.1, 0.15) is 0 Å². The third kappa shape index (κ3) is 3.12. The van der Waals surface area contributed by atoms with Crippen molar-refractivity contribution < 1.29 is 9.53 Å². The Bertz CT molecular complexity index is 785. The van der Waals surface area contributed by atoms with Crippen molar-refractivity contribution in [2.24, 2.45) is 4.99 Å². The summed E-state index contributed by atoms with van der Waals surface area (Å²) in [5.74, 6) is 0.00435. The summed E-state index contributed by atoms with van der Waals surface area (Å²) in [6, 6.07) is 12.1. The van der Waals surface area contributed by atoms with Crippen LogP contribution in [0.3, 0.4) is 0 Å². The molecular formula is C19H18N2O2S. The second-order valence-electron chi connectivity index (χ2n) is 5.95. The van der Waals surface area contributed by atoms with Gasteiger partial charge in [-0.2, -0.15) is 0 Å². The molecule has 0 atom stereocenters. The number of aliphatic imine (C=N–C) groups is 1. The summed E-state index contributed by atoms with van der Waals surface area (Å²) in [4.78, 5) is 19.6. The number of ether oxygens (including phenoxy) is 1. The maximum atomic E-state index is 12.0. The van der Waals surface area contributed by atoms with Crippen LogP contribution in [0.4, 0.5) is 5.69 Å². The van der Waals surface area contributed by atoms with Gasteiger partial charge in [0.25, 0.3) is 0 Å². The molecule has 0 aliphatic carbocycles. The molecule has 1 fully saturated rings. The fraction of sp³-hybridized carbons (Fsp3) is 0.263. The molecule has 1 saturated heterocycles. The Morgan fingerprint density at radius 1 is 1.08 bits per heavy atom. The number of rotatable bonds is 3. The molecule has 2 aromatic rings. The van der Waals surface area contributed by atoms with Crippen LogP contribution in [0.2, 0.25) is 0 Å². The first-order valence-electron chi connectivity index (χ1n) is 8.21. The van der Waals surface area contributed by atoms with E-state index in [1.807, 2.05) is 29.6 Å². The summed E-state index contributed by atoms with van der Waals surface area (Å²) in [6.07, 6.45) is 5.63. The highest BCUT2D eigenvalue weighted by Crippen LogP contribution is 2.24. The first kappa shape index (κ1) is 15.1. The SMILES string of the molecule is O=C1OC(c2cccs2)=N/C1=C\c1ccc(N2CCCCC2)cc1. The number of cyclic esters (lactones) is 1. The first-order valence-corrected chi connectivity index (χ1v) is 9.09. The van der Waals surface area contributed by atoms with Gasteiger partial charge in [0, 0.05) is 18.8 Å². The minimum atomic E-state index is -0.390. The van der Waals surface area contributed by atoms with Gasteiger partial charge in [0.2, 0.25) is 5.90 Å². The zero-order chi connectivity index (χ0) is 16.4. The van der Waals surface area contributed by atoms with Crippen molar-refractivity contribution in [1.29, 1.82) is 0 Å². The number of thiophene rings is 1. The molecule has 0 N–H and O–H groups in total. The van der Waals surface area contributed by atoms with Crippen LogP contribution in [0.25, 0.3) is 6.08 Å². The number of benzene rings is 1. The molecule has 0 spiro atoms. The van der Waals surface area contributed by atoms with Gasteiger partial charge in [-0.15, -0.1) is 11.3 Å². The molecule has 2 aliphatic heterocycles. The normalized spacial score (nSPS) is 19.5. The Balaban J connectivity index is 1.53. The van der Waals surface area contributed by atoms with Crippen molar-refractivity contribution >= 4 is 35.0 Å². The number of anilines is 1. The maximum absolute atomic E-state index is 12.0. The third-order valence-corrected chi connectivity index (χ3v) is 5.13. The van der Waals surface area contributed by atoms with Crippen molar-refractivity contribution in [2.45, 2.75) is 19.3 Å². The van der Waals surface area contributed by atoms with E-state index in [0.29, 0.717) is 11.6 Å². The highest BCUT2D eigenvalue weighted by molar-refractivity contribution is 7.12. The molecule has 0 unspecified atom stereocenters. The minimum Gasteiger partial charge on any atom is -0.401 e. The highest BCUT2D eigenvalue weighted by atomic mass is 32.1. The molecule has 0 amide bonds. The summed E-state index contributed by atoms with van der Waals surface area (Å²) in [6.45, 7) is 2.25. The summed E-state index contributed by atoms with van der Waals surface area (Å²) in [5.41, 5.74) is 2.55. The summed E-state index contributed by atoms with van der Waals surface area (Å²) in [7, 11) is 0. The third-order valence-electron chi connectivity index (χ3n) is 4.27. The highest BCUT2D eigenvalue weighted by Gasteiger charge is 2.24. The Hall–Kier alpha value is -2.40. The van der Waals surface area contributed by atoms with Crippen LogP contribution in [0.15, 0.2) is 52.5 Å². The van der Waals surface area contributed by atoms with Crippen molar-refractivity contribution in [1.82, 2.24) is 0 Å². The second-order valence-corrected chi connectivity index (χ2v) is 6.90. The summed E-state index contributed by atoms with van der Waals surface area (Å²) in [5, 5.41) is 1.94. The van der Waals surface area contributed by atoms with E-state index in [-0.39, 0.29) is 0 Å². The smallest absolute Gasteiger partial charge is 0.363 e. The summed E-state index contributed by atoms with van der Waals surface area (Å²) >= 11 is 1.51. The molecule has 4 nitrogen and oxygen atoms in total. The van der Waals surface area contributed by atoms with Gasteiger partial charge in [0.05, 0.1) is 4.88 Å². The quantitative estimate of drug-likeness (QED) is 0.625. The van der Waals surface area contributed by atoms with Gasteiger partial charge >= 0.3 is 5.97 Å². The van der Waals surface area contributed by atoms with Gasteiger partial charge in [-0.25, -0.2) is 9.79 Å². The Kier molecular flexibility index (Phi) is 4.17. The lowest BCUT2D eigenvalue weighted by molar-refractivity contribution is -0.129. The minimum absolute atomic E-state index is 0.351. The van der Waals surface area contributed by atoms with Gasteiger partial charge in [0.15, 0.2) is 5.70 Å². The van der Waals surface area contributed by atoms with Crippen LogP contribution < -0.4 is 4.90 Å². The van der Waals surface area contributed by atoms with Crippen LogP contribution in [0.1, 0.15) is 29.7 Å². The van der Waals surface area contributed by atoms with Crippen LogP contribution in [-0.4, -0.2) is 25.0 Å². The monoisotopic (exact) mass is 338 g/mol. The fourth-order valence-corrected chi connectivity index (χ4v) is 3.66. The van der Waals surface area contributed by atoms with Gasteiger partial charge in [-0.3, -0.25) is 0 Å². The predicted molar refractivity (Wildman–Crippen MR) is 97.4 cm³/mol. The predicted octanol–water partition coefficient (Wildman–Crippen LogP) is 4.08. The molecule has 5 heteroatoms. The molecule has 122 valence electrons. The van der Waals surface area contributed by atoms with Gasteiger partial charge < -0.3 is 9.64 Å². The van der Waals surface area contributed by atoms with Crippen molar-refractivity contribution in [3.05, 3.63) is 57.9 Å². The molecule has 0 bridgehead atoms. The number of hydrogen-bond acceptors (Lipinski definition) is 5. The first-order chi connectivity index (χ1) is 11.8. The zero-order valence-electron chi connectivity index (χ0n) is 13.3. The van der Waals surface area contributed by atoms with E-state index in [0.717, 1.165) is 23.5 Å². The number of carbonyl (C=O) groups excluding carboxylic acids is 1. The Morgan fingerprint density at radius 3 is 2.58 bits per heavy atom. The Labute approximate surface area is 145 Å². The van der Waals surface area contributed by atoms with Crippen LogP contribution in [-0.2, 0) is 9.53 Å². The lowest BCUT2D eigenvalue weighted by atomic mass is 10.1. The number of hydrogen-bond donors (Lipinski definition) is 0. The molecule has 0 radical (unpaired) electrons. The van der Waals surface area contributed by atoms with E-state index in [1.165, 1.54) is 36.3 Å². The van der Waals surface area contributed by atoms with E-state index in [2.05, 4.69) is 22.0 Å². The largest absolute Gasteiger partial charge is 0.401 e. The zero-order valence-corrected chi connectivity index (χ0v) is 14.1. The number of piperidine rings is 1. The standard InChI is InChI=1S/C19H18N2O2S/c22-19-16(20-18(23-19)17-5-4-12-24-17)13-14-6-8-15(9-7-14)21-10-2-1-3-11-21/h4-9,12-13H,1-3,10-11H2/b16-13-. The van der Waals surface area contributed by atoms with E-state index >= 15 is 0 Å². The van der Waals surface area contributed by atoms with Gasteiger partial charge in [-0.1, -0.05) is 18.2 Å². The molecule has 4 rings (SSSR count). The van der Waals surface area contributed by atoms with Crippen molar-refractivity contribution in [3.63, 3.8) is 0 Å². The molecule has 2 aliphatic rings. The summed E-state index contributed by atoms with van der Waals surface area (Å²) < 4.78 is 5.25. The number of nitrogens with zero attached hydrogens (tertiary/aromatic N) is 2. The topological polar surface area (TPSA) is 41.9 Å². The Morgan fingerprint density at radius 2 is 1.88 bits per heavy atom. The van der Waals surface area contributed by atoms with E-state index in [9.17, 15) is 4.79 Å². The molecule has 1 aromatic carbocycles. The van der Waals surface area contributed by atoms with Gasteiger partial charge in [-0.05, 0) is 54.5 Å². The van der Waals surface area contributed by atoms with Crippen LogP contribution in [0.5, 0.6) is 0 Å². The second kappa shape index (κ2) is 6.61. The van der Waals surface area contributed by atoms with Crippen molar-refractivity contribution in [2.75, 3.05) is 18.0 Å². The van der Waals surface area contributed by atoms with E-state index < -0.39 is 5.97 Å². The number of carbonyl (C=O) groups is 1. The molecule has 1 aromatic heterocycles. The van der Waals surface area contributed by atoms with Crippen molar-refractivity contribution in [3.8, 4) is 0 Å². The van der Waals surface area contributed by atoms with Crippen LogP contribution in [0, 0.1) is 0 Å². The van der Waals surface area contributed by atoms with Crippen LogP contribution >= 0.6 is 11.3 Å². The average molecular weight is 338 g/mol. The molecular weight excluding hydrogens is 320 g/mol. The van der Waals surface area contributed by atoms with E-state index in [1.54, 1.807) is 6.08 Å². The lowest BCUT2D eigenvalue weighted by Gasteiger charge is -2.28. The average Bonchev–Trinajstić information content (AvgIpc) is 3.27. The van der Waals surface area contributed by atoms with E-state index in [4.69, 9.17) is 4.74 Å². The fourth-order valence-electron chi connectivity index (χ4n) is 3.01. The molecule has 24 heavy (non-hydrogen) atoms.